The number of carbonyl (C=O) groups is 3. The second kappa shape index (κ2) is 11.6. The molecule has 1 spiro atoms. The SMILES string of the molecule is O=C1NCCCNC(=O)C2(C/C=C/CCOc3ccccc31)CCN(C(=O)c1ccnnc1)CC2. The van der Waals surface area contributed by atoms with E-state index in [2.05, 4.69) is 20.8 Å². The number of ether oxygens (including phenoxy) is 1. The number of likely N-dealkylation sites (tertiary alicyclic amines) is 1. The topological polar surface area (TPSA) is 114 Å². The molecule has 0 unspecified atom stereocenters. The maximum absolute atomic E-state index is 13.3. The zero-order chi connectivity index (χ0) is 24.5. The van der Waals surface area contributed by atoms with Crippen molar-refractivity contribution in [3.8, 4) is 5.75 Å². The highest BCUT2D eigenvalue weighted by atomic mass is 16.5. The van der Waals surface area contributed by atoms with Gasteiger partial charge in [-0.15, -0.1) is 0 Å². The second-order valence-corrected chi connectivity index (χ2v) is 8.88. The van der Waals surface area contributed by atoms with E-state index >= 15 is 0 Å². The van der Waals surface area contributed by atoms with Crippen LogP contribution in [0.25, 0.3) is 0 Å². The number of fused-ring (bicyclic) bond motifs is 1. The number of piperidine rings is 1. The minimum Gasteiger partial charge on any atom is -0.492 e. The number of benzene rings is 1. The molecule has 35 heavy (non-hydrogen) atoms. The van der Waals surface area contributed by atoms with E-state index in [1.165, 1.54) is 12.4 Å². The first kappa shape index (κ1) is 24.4. The highest BCUT2D eigenvalue weighted by Crippen LogP contribution is 2.36. The van der Waals surface area contributed by atoms with Gasteiger partial charge in [-0.05, 0) is 50.3 Å². The van der Waals surface area contributed by atoms with Gasteiger partial charge in [-0.3, -0.25) is 14.4 Å². The number of para-hydroxylation sites is 1. The van der Waals surface area contributed by atoms with Crippen LogP contribution in [0.3, 0.4) is 0 Å². The molecule has 2 N–H and O–H groups in total. The van der Waals surface area contributed by atoms with Crippen LogP contribution in [0, 0.1) is 5.41 Å². The van der Waals surface area contributed by atoms with Crippen molar-refractivity contribution < 1.29 is 19.1 Å². The van der Waals surface area contributed by atoms with E-state index in [4.69, 9.17) is 4.74 Å². The molecule has 1 fully saturated rings. The second-order valence-electron chi connectivity index (χ2n) is 8.88. The fourth-order valence-electron chi connectivity index (χ4n) is 4.48. The average Bonchev–Trinajstić information content (AvgIpc) is 2.90. The van der Waals surface area contributed by atoms with E-state index in [0.29, 0.717) is 81.8 Å². The van der Waals surface area contributed by atoms with Crippen LogP contribution in [0.2, 0.25) is 0 Å². The zero-order valence-corrected chi connectivity index (χ0v) is 19.7. The number of rotatable bonds is 1. The van der Waals surface area contributed by atoms with Gasteiger partial charge in [0.2, 0.25) is 5.91 Å². The average molecular weight is 478 g/mol. The number of aromatic nitrogens is 2. The van der Waals surface area contributed by atoms with E-state index in [1.807, 2.05) is 24.3 Å². The largest absolute Gasteiger partial charge is 0.492 e. The Labute approximate surface area is 204 Å². The van der Waals surface area contributed by atoms with Gasteiger partial charge < -0.3 is 20.3 Å². The molecule has 3 heterocycles. The summed E-state index contributed by atoms with van der Waals surface area (Å²) in [5.74, 6) is 0.288. The highest BCUT2D eigenvalue weighted by molar-refractivity contribution is 5.97. The van der Waals surface area contributed by atoms with Crippen molar-refractivity contribution in [1.29, 1.82) is 0 Å². The van der Waals surface area contributed by atoms with E-state index < -0.39 is 5.41 Å². The van der Waals surface area contributed by atoms with Gasteiger partial charge in [0.25, 0.3) is 11.8 Å². The Hall–Kier alpha value is -3.75. The van der Waals surface area contributed by atoms with E-state index in [0.717, 1.165) is 0 Å². The van der Waals surface area contributed by atoms with E-state index in [1.54, 1.807) is 23.1 Å². The zero-order valence-electron chi connectivity index (χ0n) is 19.7. The predicted molar refractivity (Wildman–Crippen MR) is 130 cm³/mol. The minimum atomic E-state index is -0.572. The molecular formula is C26H31N5O4. The minimum absolute atomic E-state index is 0.000145. The predicted octanol–water partition coefficient (Wildman–Crippen LogP) is 2.36. The van der Waals surface area contributed by atoms with Crippen LogP contribution in [-0.2, 0) is 4.79 Å². The molecule has 0 aliphatic carbocycles. The lowest BCUT2D eigenvalue weighted by molar-refractivity contribution is -0.133. The molecule has 0 bridgehead atoms. The van der Waals surface area contributed by atoms with Crippen LogP contribution in [0.5, 0.6) is 5.75 Å². The molecular weight excluding hydrogens is 446 g/mol. The first-order valence-electron chi connectivity index (χ1n) is 12.1. The summed E-state index contributed by atoms with van der Waals surface area (Å²) in [5.41, 5.74) is 0.440. The molecule has 184 valence electrons. The number of amides is 3. The number of carbonyl (C=O) groups excluding carboxylic acids is 3. The molecule has 2 aliphatic rings. The first-order chi connectivity index (χ1) is 17.1. The summed E-state index contributed by atoms with van der Waals surface area (Å²) in [6, 6.07) is 8.86. The molecule has 2 aliphatic heterocycles. The van der Waals surface area contributed by atoms with E-state index in [-0.39, 0.29) is 17.7 Å². The van der Waals surface area contributed by atoms with Crippen LogP contribution in [0.15, 0.2) is 54.9 Å². The molecule has 2 aromatic rings. The third-order valence-corrected chi connectivity index (χ3v) is 6.59. The lowest BCUT2D eigenvalue weighted by Gasteiger charge is -2.40. The monoisotopic (exact) mass is 477 g/mol. The van der Waals surface area contributed by atoms with Crippen LogP contribution in [0.1, 0.15) is 52.8 Å². The molecule has 0 radical (unpaired) electrons. The molecule has 1 aromatic heterocycles. The highest BCUT2D eigenvalue weighted by Gasteiger charge is 2.41. The molecule has 9 heteroatoms. The summed E-state index contributed by atoms with van der Waals surface area (Å²) in [7, 11) is 0. The summed E-state index contributed by atoms with van der Waals surface area (Å²) >= 11 is 0. The smallest absolute Gasteiger partial charge is 0.255 e. The Morgan fingerprint density at radius 3 is 2.60 bits per heavy atom. The third kappa shape index (κ3) is 6.03. The summed E-state index contributed by atoms with van der Waals surface area (Å²) in [4.78, 5) is 40.4. The van der Waals surface area contributed by atoms with Crippen molar-refractivity contribution in [1.82, 2.24) is 25.7 Å². The maximum Gasteiger partial charge on any atom is 0.255 e. The normalized spacial score (nSPS) is 20.2. The quantitative estimate of drug-likeness (QED) is 0.610. The van der Waals surface area contributed by atoms with Crippen molar-refractivity contribution in [2.45, 2.75) is 32.1 Å². The van der Waals surface area contributed by atoms with Gasteiger partial charge >= 0.3 is 0 Å². The van der Waals surface area contributed by atoms with Crippen LogP contribution in [-0.4, -0.2) is 65.6 Å². The van der Waals surface area contributed by atoms with Gasteiger partial charge in [-0.25, -0.2) is 0 Å². The number of nitrogens with zero attached hydrogens (tertiary/aromatic N) is 3. The molecule has 0 atom stereocenters. The molecule has 1 saturated heterocycles. The van der Waals surface area contributed by atoms with Gasteiger partial charge in [0.05, 0.1) is 35.5 Å². The number of nitrogens with one attached hydrogen (secondary N) is 2. The van der Waals surface area contributed by atoms with Crippen molar-refractivity contribution in [3.05, 3.63) is 66.0 Å². The number of hydrogen-bond acceptors (Lipinski definition) is 6. The molecule has 1 aromatic carbocycles. The standard InChI is InChI=1S/C26H31N5O4/c32-23-21-7-2-3-8-22(21)35-18-5-1-4-10-26(25(34)28-14-6-13-27-23)11-16-31(17-12-26)24(33)20-9-15-29-30-19-20/h1-4,7-9,15,19H,5-6,10-14,16-18H2,(H,27,32)(H,28,34)/b4-1+. The Bertz CT molecular complexity index is 1060. The number of hydrogen-bond donors (Lipinski definition) is 2. The maximum atomic E-state index is 13.3. The number of allylic oxidation sites excluding steroid dienone is 1. The Morgan fingerprint density at radius 2 is 1.80 bits per heavy atom. The molecule has 9 nitrogen and oxygen atoms in total. The Morgan fingerprint density at radius 1 is 1.00 bits per heavy atom. The van der Waals surface area contributed by atoms with Gasteiger partial charge in [0.15, 0.2) is 0 Å². The Balaban J connectivity index is 1.42. The van der Waals surface area contributed by atoms with Crippen LogP contribution in [0.4, 0.5) is 0 Å². The summed E-state index contributed by atoms with van der Waals surface area (Å²) < 4.78 is 5.85. The van der Waals surface area contributed by atoms with Gasteiger partial charge in [0.1, 0.15) is 5.75 Å². The third-order valence-electron chi connectivity index (χ3n) is 6.59. The Kier molecular flexibility index (Phi) is 8.07. The van der Waals surface area contributed by atoms with Crippen LogP contribution >= 0.6 is 0 Å². The van der Waals surface area contributed by atoms with Gasteiger partial charge in [0, 0.05) is 26.2 Å². The lowest BCUT2D eigenvalue weighted by atomic mass is 9.74. The van der Waals surface area contributed by atoms with Crippen molar-refractivity contribution >= 4 is 17.7 Å². The van der Waals surface area contributed by atoms with Crippen molar-refractivity contribution in [2.24, 2.45) is 5.41 Å². The lowest BCUT2D eigenvalue weighted by Crippen LogP contribution is -2.50. The summed E-state index contributed by atoms with van der Waals surface area (Å²) in [6.07, 6.45) is 10.1. The van der Waals surface area contributed by atoms with Crippen molar-refractivity contribution in [3.63, 3.8) is 0 Å². The molecule has 0 saturated carbocycles. The first-order valence-corrected chi connectivity index (χ1v) is 12.1. The van der Waals surface area contributed by atoms with Gasteiger partial charge in [-0.2, -0.15) is 10.2 Å². The summed E-state index contributed by atoms with van der Waals surface area (Å²) in [5, 5.41) is 13.5. The fourth-order valence-corrected chi connectivity index (χ4v) is 4.48. The van der Waals surface area contributed by atoms with Gasteiger partial charge in [-0.1, -0.05) is 24.3 Å². The van der Waals surface area contributed by atoms with Crippen molar-refractivity contribution in [2.75, 3.05) is 32.8 Å². The molecule has 4 rings (SSSR count). The fraction of sp³-hybridized carbons (Fsp3) is 0.423. The van der Waals surface area contributed by atoms with E-state index in [9.17, 15) is 14.4 Å². The summed E-state index contributed by atoms with van der Waals surface area (Å²) in [6.45, 7) is 2.34. The van der Waals surface area contributed by atoms with Crippen LogP contribution < -0.4 is 15.4 Å². The molecule has 3 amide bonds.